The molecule has 0 spiro atoms. The summed E-state index contributed by atoms with van der Waals surface area (Å²) in [4.78, 5) is 16.1. The zero-order chi connectivity index (χ0) is 14.7. The van der Waals surface area contributed by atoms with Crippen molar-refractivity contribution >= 4 is 40.8 Å². The van der Waals surface area contributed by atoms with E-state index in [1.807, 2.05) is 12.1 Å². The second-order valence-corrected chi connectivity index (χ2v) is 6.72. The third kappa shape index (κ3) is 3.74. The van der Waals surface area contributed by atoms with Gasteiger partial charge in [-0.3, -0.25) is 0 Å². The molecule has 0 saturated carbocycles. The topological polar surface area (TPSA) is 80.0 Å². The van der Waals surface area contributed by atoms with Crippen LogP contribution in [0.25, 0.3) is 0 Å². The van der Waals surface area contributed by atoms with Gasteiger partial charge >= 0.3 is 0 Å². The highest BCUT2D eigenvalue weighted by atomic mass is 35.5. The average molecular weight is 325 g/mol. The highest BCUT2D eigenvalue weighted by Crippen LogP contribution is 2.22. The zero-order valence-electron chi connectivity index (χ0n) is 11.5. The van der Waals surface area contributed by atoms with Crippen LogP contribution in [-0.4, -0.2) is 28.0 Å². The molecule has 1 aliphatic heterocycles. The molecule has 1 saturated heterocycles. The zero-order valence-corrected chi connectivity index (χ0v) is 13.1. The molecular formula is C13H17ClN6S. The SMILES string of the molecule is Nc1nc(NCc2ccc(Cl)s2)nc(N2CCCCC2)n1. The lowest BCUT2D eigenvalue weighted by Gasteiger charge is -2.26. The quantitative estimate of drug-likeness (QED) is 0.900. The lowest BCUT2D eigenvalue weighted by molar-refractivity contribution is 0.568. The van der Waals surface area contributed by atoms with Crippen LogP contribution in [0.4, 0.5) is 17.8 Å². The number of anilines is 3. The van der Waals surface area contributed by atoms with E-state index >= 15 is 0 Å². The number of nitrogen functional groups attached to an aromatic ring is 1. The van der Waals surface area contributed by atoms with Crippen LogP contribution in [-0.2, 0) is 6.54 Å². The Labute approximate surface area is 132 Å². The van der Waals surface area contributed by atoms with Crippen LogP contribution in [0.5, 0.6) is 0 Å². The maximum atomic E-state index is 5.92. The molecule has 1 fully saturated rings. The molecule has 1 aliphatic rings. The molecule has 0 atom stereocenters. The van der Waals surface area contributed by atoms with Gasteiger partial charge in [-0.25, -0.2) is 0 Å². The summed E-state index contributed by atoms with van der Waals surface area (Å²) in [6, 6.07) is 3.86. The first-order valence-electron chi connectivity index (χ1n) is 6.95. The summed E-state index contributed by atoms with van der Waals surface area (Å²) in [5.41, 5.74) is 5.79. The van der Waals surface area contributed by atoms with E-state index in [2.05, 4.69) is 25.2 Å². The third-order valence-electron chi connectivity index (χ3n) is 3.33. The first-order valence-corrected chi connectivity index (χ1v) is 8.15. The predicted octanol–water partition coefficient (Wildman–Crippen LogP) is 2.77. The fourth-order valence-corrected chi connectivity index (χ4v) is 3.34. The molecule has 21 heavy (non-hydrogen) atoms. The Kier molecular flexibility index (Phi) is 4.40. The molecule has 2 aromatic rings. The maximum absolute atomic E-state index is 5.92. The third-order valence-corrected chi connectivity index (χ3v) is 4.56. The van der Waals surface area contributed by atoms with E-state index in [4.69, 9.17) is 17.3 Å². The van der Waals surface area contributed by atoms with Crippen molar-refractivity contribution < 1.29 is 0 Å². The van der Waals surface area contributed by atoms with Crippen molar-refractivity contribution in [1.82, 2.24) is 15.0 Å². The number of halogens is 1. The van der Waals surface area contributed by atoms with Crippen molar-refractivity contribution in [2.45, 2.75) is 25.8 Å². The Hall–Kier alpha value is -1.60. The smallest absolute Gasteiger partial charge is 0.231 e. The summed E-state index contributed by atoms with van der Waals surface area (Å²) in [6.45, 7) is 2.58. The van der Waals surface area contributed by atoms with Gasteiger partial charge in [0.2, 0.25) is 17.8 Å². The van der Waals surface area contributed by atoms with Crippen LogP contribution in [0, 0.1) is 0 Å². The number of rotatable bonds is 4. The van der Waals surface area contributed by atoms with Crippen LogP contribution in [0.2, 0.25) is 4.34 Å². The lowest BCUT2D eigenvalue weighted by Crippen LogP contribution is -2.31. The van der Waals surface area contributed by atoms with Gasteiger partial charge in [0.05, 0.1) is 10.9 Å². The van der Waals surface area contributed by atoms with E-state index in [-0.39, 0.29) is 5.95 Å². The minimum absolute atomic E-state index is 0.247. The second-order valence-electron chi connectivity index (χ2n) is 4.92. The van der Waals surface area contributed by atoms with Crippen LogP contribution >= 0.6 is 22.9 Å². The molecule has 6 nitrogen and oxygen atoms in total. The Morgan fingerprint density at radius 1 is 1.19 bits per heavy atom. The van der Waals surface area contributed by atoms with E-state index in [9.17, 15) is 0 Å². The Morgan fingerprint density at radius 3 is 2.71 bits per heavy atom. The first-order chi connectivity index (χ1) is 10.2. The molecule has 3 heterocycles. The Morgan fingerprint density at radius 2 is 2.00 bits per heavy atom. The highest BCUT2D eigenvalue weighted by molar-refractivity contribution is 7.16. The molecule has 0 bridgehead atoms. The lowest BCUT2D eigenvalue weighted by atomic mass is 10.1. The minimum atomic E-state index is 0.247. The van der Waals surface area contributed by atoms with Gasteiger partial charge in [0.15, 0.2) is 0 Å². The van der Waals surface area contributed by atoms with E-state index in [0.717, 1.165) is 22.3 Å². The largest absolute Gasteiger partial charge is 0.368 e. The van der Waals surface area contributed by atoms with Crippen molar-refractivity contribution in [3.05, 3.63) is 21.3 Å². The van der Waals surface area contributed by atoms with Gasteiger partial charge in [-0.1, -0.05) is 11.6 Å². The number of nitrogens with zero attached hydrogens (tertiary/aromatic N) is 4. The number of piperidine rings is 1. The summed E-state index contributed by atoms with van der Waals surface area (Å²) in [6.07, 6.45) is 3.60. The Balaban J connectivity index is 1.71. The van der Waals surface area contributed by atoms with Crippen molar-refractivity contribution in [3.63, 3.8) is 0 Å². The van der Waals surface area contributed by atoms with E-state index in [1.165, 1.54) is 30.6 Å². The Bertz CT molecular complexity index is 610. The van der Waals surface area contributed by atoms with Gasteiger partial charge in [0.25, 0.3) is 0 Å². The maximum Gasteiger partial charge on any atom is 0.231 e. The van der Waals surface area contributed by atoms with Crippen LogP contribution in [0.1, 0.15) is 24.1 Å². The van der Waals surface area contributed by atoms with Gasteiger partial charge < -0.3 is 16.0 Å². The van der Waals surface area contributed by atoms with Gasteiger partial charge in [-0.05, 0) is 31.4 Å². The number of nitrogens with one attached hydrogen (secondary N) is 1. The van der Waals surface area contributed by atoms with Gasteiger partial charge in [-0.15, -0.1) is 11.3 Å². The molecule has 8 heteroatoms. The van der Waals surface area contributed by atoms with Crippen LogP contribution < -0.4 is 16.0 Å². The molecule has 3 rings (SSSR count). The number of hydrogen-bond donors (Lipinski definition) is 2. The molecule has 3 N–H and O–H groups in total. The molecule has 0 aromatic carbocycles. The summed E-state index contributed by atoms with van der Waals surface area (Å²) in [5, 5.41) is 3.18. The fourth-order valence-electron chi connectivity index (χ4n) is 2.31. The molecule has 112 valence electrons. The van der Waals surface area contributed by atoms with Crippen molar-refractivity contribution in [3.8, 4) is 0 Å². The highest BCUT2D eigenvalue weighted by Gasteiger charge is 2.15. The number of nitrogens with two attached hydrogens (primary N) is 1. The van der Waals surface area contributed by atoms with E-state index in [0.29, 0.717) is 18.4 Å². The monoisotopic (exact) mass is 324 g/mol. The standard InChI is InChI=1S/C13H17ClN6S/c14-10-5-4-9(21-10)8-16-12-17-11(15)18-13(19-12)20-6-2-1-3-7-20/h4-5H,1-3,6-8H2,(H3,15,16,17,18,19). The number of hydrogen-bond acceptors (Lipinski definition) is 7. The molecule has 2 aromatic heterocycles. The van der Waals surface area contributed by atoms with Gasteiger partial charge in [-0.2, -0.15) is 15.0 Å². The van der Waals surface area contributed by atoms with Gasteiger partial charge in [0.1, 0.15) is 0 Å². The summed E-state index contributed by atoms with van der Waals surface area (Å²) in [7, 11) is 0. The summed E-state index contributed by atoms with van der Waals surface area (Å²) in [5.74, 6) is 1.42. The second kappa shape index (κ2) is 6.44. The first kappa shape index (κ1) is 14.3. The normalized spacial score (nSPS) is 15.2. The molecule has 0 unspecified atom stereocenters. The van der Waals surface area contributed by atoms with Crippen molar-refractivity contribution in [2.24, 2.45) is 0 Å². The molecular weight excluding hydrogens is 308 g/mol. The predicted molar refractivity (Wildman–Crippen MR) is 87.0 cm³/mol. The molecule has 0 amide bonds. The number of thiophene rings is 1. The van der Waals surface area contributed by atoms with Crippen molar-refractivity contribution in [2.75, 3.05) is 29.0 Å². The average Bonchev–Trinajstić information content (AvgIpc) is 2.91. The fraction of sp³-hybridized carbons (Fsp3) is 0.462. The van der Waals surface area contributed by atoms with Gasteiger partial charge in [0, 0.05) is 18.0 Å². The summed E-state index contributed by atoms with van der Waals surface area (Å²) < 4.78 is 0.774. The van der Waals surface area contributed by atoms with E-state index in [1.54, 1.807) is 0 Å². The van der Waals surface area contributed by atoms with Crippen LogP contribution in [0.3, 0.4) is 0 Å². The van der Waals surface area contributed by atoms with Crippen molar-refractivity contribution in [1.29, 1.82) is 0 Å². The molecule has 0 radical (unpaired) electrons. The minimum Gasteiger partial charge on any atom is -0.368 e. The van der Waals surface area contributed by atoms with Crippen LogP contribution in [0.15, 0.2) is 12.1 Å². The number of aromatic nitrogens is 3. The van der Waals surface area contributed by atoms with E-state index < -0.39 is 0 Å². The summed E-state index contributed by atoms with van der Waals surface area (Å²) >= 11 is 7.45. The molecule has 0 aliphatic carbocycles.